The van der Waals surface area contributed by atoms with Gasteiger partial charge in [-0.3, -0.25) is 15.5 Å². The lowest BCUT2D eigenvalue weighted by molar-refractivity contribution is 0.0346. The molecule has 4 rings (SSSR count). The number of carbonyl (C=O) groups excluding carboxylic acids is 1. The molecule has 0 radical (unpaired) electrons. The Morgan fingerprint density at radius 3 is 2.82 bits per heavy atom. The molecule has 0 spiro atoms. The first-order valence-corrected chi connectivity index (χ1v) is 11.2. The summed E-state index contributed by atoms with van der Waals surface area (Å²) in [6.45, 7) is 6.69. The average Bonchev–Trinajstić information content (AvgIpc) is 3.42. The molecular formula is C17H22ClN5O3S2. The number of ether oxygens (including phenoxy) is 2. The zero-order chi connectivity index (χ0) is 19.5. The molecule has 2 aromatic rings. The van der Waals surface area contributed by atoms with E-state index in [1.807, 2.05) is 6.92 Å². The molecule has 0 aliphatic carbocycles. The largest absolute Gasteiger partial charge is 0.379 e. The van der Waals surface area contributed by atoms with Gasteiger partial charge in [-0.25, -0.2) is 4.79 Å². The minimum atomic E-state index is -0.353. The smallest absolute Gasteiger partial charge is 0.326 e. The van der Waals surface area contributed by atoms with Crippen molar-refractivity contribution in [1.29, 1.82) is 0 Å². The van der Waals surface area contributed by atoms with Crippen LogP contribution < -0.4 is 10.6 Å². The predicted molar refractivity (Wildman–Crippen MR) is 111 cm³/mol. The summed E-state index contributed by atoms with van der Waals surface area (Å²) in [5.41, 5.74) is 0.877. The molecule has 152 valence electrons. The molecule has 1 atom stereocenters. The van der Waals surface area contributed by atoms with Gasteiger partial charge in [0, 0.05) is 36.7 Å². The average molecular weight is 444 g/mol. The molecule has 0 aromatic carbocycles. The third-order valence-corrected chi connectivity index (χ3v) is 7.45. The van der Waals surface area contributed by atoms with Crippen molar-refractivity contribution in [3.8, 4) is 0 Å². The summed E-state index contributed by atoms with van der Waals surface area (Å²) in [7, 11) is 0. The van der Waals surface area contributed by atoms with Gasteiger partial charge in [-0.15, -0.1) is 21.5 Å². The van der Waals surface area contributed by atoms with Crippen molar-refractivity contribution >= 4 is 50.4 Å². The van der Waals surface area contributed by atoms with Gasteiger partial charge in [-0.05, 0) is 19.8 Å². The number of hydrogen-bond acceptors (Lipinski definition) is 8. The van der Waals surface area contributed by atoms with E-state index in [0.29, 0.717) is 10.2 Å². The Kier molecular flexibility index (Phi) is 6.44. The third kappa shape index (κ3) is 4.64. The highest BCUT2D eigenvalue weighted by Crippen LogP contribution is 2.37. The van der Waals surface area contributed by atoms with E-state index in [0.717, 1.165) is 72.7 Å². The highest BCUT2D eigenvalue weighted by Gasteiger charge is 2.23. The molecule has 2 N–H and O–H groups in total. The quantitative estimate of drug-likeness (QED) is 0.728. The van der Waals surface area contributed by atoms with Gasteiger partial charge in [0.15, 0.2) is 0 Å². The molecule has 2 fully saturated rings. The van der Waals surface area contributed by atoms with Crippen molar-refractivity contribution in [1.82, 2.24) is 15.1 Å². The number of hydrogen-bond donors (Lipinski definition) is 2. The van der Waals surface area contributed by atoms with Crippen LogP contribution >= 0.6 is 34.3 Å². The van der Waals surface area contributed by atoms with Crippen molar-refractivity contribution in [2.24, 2.45) is 0 Å². The van der Waals surface area contributed by atoms with Gasteiger partial charge < -0.3 is 9.47 Å². The van der Waals surface area contributed by atoms with Crippen LogP contribution in [0, 0.1) is 6.92 Å². The summed E-state index contributed by atoms with van der Waals surface area (Å²) in [4.78, 5) is 15.8. The normalized spacial score (nSPS) is 20.4. The van der Waals surface area contributed by atoms with Crippen molar-refractivity contribution in [3.05, 3.63) is 20.5 Å². The summed E-state index contributed by atoms with van der Waals surface area (Å²) in [6.07, 6.45) is 1.97. The molecule has 0 bridgehead atoms. The van der Waals surface area contributed by atoms with Crippen LogP contribution in [0.15, 0.2) is 0 Å². The molecule has 8 nitrogen and oxygen atoms in total. The minimum absolute atomic E-state index is 0.00259. The Morgan fingerprint density at radius 1 is 1.25 bits per heavy atom. The summed E-state index contributed by atoms with van der Waals surface area (Å²) < 4.78 is 11.0. The molecule has 11 heteroatoms. The lowest BCUT2D eigenvalue weighted by atomic mass is 10.2. The van der Waals surface area contributed by atoms with Gasteiger partial charge in [0.25, 0.3) is 0 Å². The van der Waals surface area contributed by atoms with Gasteiger partial charge in [-0.1, -0.05) is 22.9 Å². The first kappa shape index (κ1) is 20.0. The number of thiophene rings is 1. The van der Waals surface area contributed by atoms with E-state index in [4.69, 9.17) is 21.1 Å². The number of aromatic nitrogens is 2. The topological polar surface area (TPSA) is 88.6 Å². The van der Waals surface area contributed by atoms with Crippen LogP contribution in [0.5, 0.6) is 0 Å². The third-order valence-electron chi connectivity index (χ3n) is 4.70. The molecule has 2 saturated heterocycles. The predicted octanol–water partition coefficient (Wildman–Crippen LogP) is 3.89. The second kappa shape index (κ2) is 9.02. The van der Waals surface area contributed by atoms with Crippen molar-refractivity contribution in [3.63, 3.8) is 0 Å². The Balaban J connectivity index is 1.36. The maximum Gasteiger partial charge on any atom is 0.326 e. The first-order valence-electron chi connectivity index (χ1n) is 9.21. The number of halogens is 1. The van der Waals surface area contributed by atoms with Gasteiger partial charge >= 0.3 is 6.03 Å². The van der Waals surface area contributed by atoms with Gasteiger partial charge in [0.05, 0.1) is 18.2 Å². The SMILES string of the molecule is Cc1c(NC(=O)Nc2nnc(C3CCCO3)s2)sc(CN2CCOCC2)c1Cl. The lowest BCUT2D eigenvalue weighted by Crippen LogP contribution is -2.35. The van der Waals surface area contributed by atoms with Crippen LogP contribution in [0.3, 0.4) is 0 Å². The number of anilines is 2. The van der Waals surface area contributed by atoms with Crippen LogP contribution in [0.2, 0.25) is 5.02 Å². The van der Waals surface area contributed by atoms with Crippen molar-refractivity contribution in [2.45, 2.75) is 32.4 Å². The fourth-order valence-corrected chi connectivity index (χ4v) is 5.44. The van der Waals surface area contributed by atoms with Gasteiger partial charge in [-0.2, -0.15) is 0 Å². The Hall–Kier alpha value is -1.30. The zero-order valence-corrected chi connectivity index (χ0v) is 17.9. The van der Waals surface area contributed by atoms with E-state index in [1.165, 1.54) is 22.7 Å². The fourth-order valence-electron chi connectivity index (χ4n) is 3.16. The maximum atomic E-state index is 12.4. The highest BCUT2D eigenvalue weighted by atomic mass is 35.5. The van der Waals surface area contributed by atoms with Gasteiger partial charge in [0.1, 0.15) is 16.1 Å². The van der Waals surface area contributed by atoms with Crippen LogP contribution in [0.25, 0.3) is 0 Å². The minimum Gasteiger partial charge on any atom is -0.379 e. The molecule has 2 aromatic heterocycles. The van der Waals surface area contributed by atoms with Crippen molar-refractivity contribution < 1.29 is 14.3 Å². The van der Waals surface area contributed by atoms with E-state index in [1.54, 1.807) is 0 Å². The van der Waals surface area contributed by atoms with Gasteiger partial charge in [0.2, 0.25) is 5.13 Å². The fraction of sp³-hybridized carbons (Fsp3) is 0.588. The van der Waals surface area contributed by atoms with Crippen LogP contribution in [0.4, 0.5) is 14.9 Å². The molecule has 2 aliphatic heterocycles. The van der Waals surface area contributed by atoms with E-state index >= 15 is 0 Å². The molecule has 28 heavy (non-hydrogen) atoms. The zero-order valence-electron chi connectivity index (χ0n) is 15.5. The van der Waals surface area contributed by atoms with E-state index < -0.39 is 0 Å². The van der Waals surface area contributed by atoms with E-state index in [9.17, 15) is 4.79 Å². The standard InChI is InChI=1S/C17H22ClN5O3S2/c1-10-13(18)12(9-23-4-7-25-8-5-23)27-14(10)19-16(24)20-17-22-21-15(28-17)11-3-2-6-26-11/h11H,2-9H2,1H3,(H2,19,20,22,24). The number of amides is 2. The highest BCUT2D eigenvalue weighted by molar-refractivity contribution is 7.17. The Morgan fingerprint density at radius 2 is 2.07 bits per heavy atom. The summed E-state index contributed by atoms with van der Waals surface area (Å²) >= 11 is 9.35. The van der Waals surface area contributed by atoms with Crippen LogP contribution in [0.1, 0.15) is 34.4 Å². The first-order chi connectivity index (χ1) is 13.6. The van der Waals surface area contributed by atoms with Crippen LogP contribution in [-0.4, -0.2) is 54.0 Å². The second-order valence-electron chi connectivity index (χ2n) is 6.71. The molecule has 0 saturated carbocycles. The summed E-state index contributed by atoms with van der Waals surface area (Å²) in [5, 5.41) is 16.5. The van der Waals surface area contributed by atoms with E-state index in [2.05, 4.69) is 25.7 Å². The van der Waals surface area contributed by atoms with E-state index in [-0.39, 0.29) is 12.1 Å². The number of carbonyl (C=O) groups is 1. The molecule has 2 amide bonds. The number of urea groups is 1. The monoisotopic (exact) mass is 443 g/mol. The molecule has 2 aliphatic rings. The maximum absolute atomic E-state index is 12.4. The molecule has 4 heterocycles. The summed E-state index contributed by atoms with van der Waals surface area (Å²) in [5.74, 6) is 0. The number of rotatable bonds is 5. The number of morpholine rings is 1. The number of nitrogens with one attached hydrogen (secondary N) is 2. The Bertz CT molecular complexity index is 831. The molecular weight excluding hydrogens is 422 g/mol. The second-order valence-corrected chi connectivity index (χ2v) is 9.20. The summed E-state index contributed by atoms with van der Waals surface area (Å²) in [6, 6.07) is -0.353. The van der Waals surface area contributed by atoms with Crippen LogP contribution in [-0.2, 0) is 16.0 Å². The molecule has 1 unspecified atom stereocenters. The lowest BCUT2D eigenvalue weighted by Gasteiger charge is -2.26. The Labute approximate surface area is 176 Å². The number of nitrogens with zero attached hydrogens (tertiary/aromatic N) is 3. The van der Waals surface area contributed by atoms with Crippen molar-refractivity contribution in [2.75, 3.05) is 43.5 Å².